The zero-order valence-corrected chi connectivity index (χ0v) is 18.5. The summed E-state index contributed by atoms with van der Waals surface area (Å²) in [6, 6.07) is 4.97. The van der Waals surface area contributed by atoms with Gasteiger partial charge in [-0.3, -0.25) is 10.1 Å². The topological polar surface area (TPSA) is 108 Å². The van der Waals surface area contributed by atoms with Crippen LogP contribution in [0.1, 0.15) is 18.3 Å². The van der Waals surface area contributed by atoms with E-state index in [0.29, 0.717) is 24.1 Å². The van der Waals surface area contributed by atoms with Gasteiger partial charge in [0, 0.05) is 38.4 Å². The van der Waals surface area contributed by atoms with Gasteiger partial charge in [-0.25, -0.2) is 15.0 Å². The lowest BCUT2D eigenvalue weighted by atomic mass is 10.2. The maximum absolute atomic E-state index is 11.3. The van der Waals surface area contributed by atoms with Gasteiger partial charge in [0.2, 0.25) is 0 Å². The Bertz CT molecular complexity index is 1110. The molecule has 3 aromatic rings. The van der Waals surface area contributed by atoms with Gasteiger partial charge in [-0.1, -0.05) is 24.8 Å². The van der Waals surface area contributed by atoms with E-state index in [1.807, 2.05) is 17.7 Å². The molecule has 0 N–H and O–H groups in total. The Hall–Kier alpha value is -2.92. The van der Waals surface area contributed by atoms with Crippen LogP contribution in [0.2, 0.25) is 0 Å². The van der Waals surface area contributed by atoms with E-state index in [1.165, 1.54) is 24.9 Å². The highest BCUT2D eigenvalue weighted by Gasteiger charge is 2.22. The first-order valence-corrected chi connectivity index (χ1v) is 11.0. The Morgan fingerprint density at radius 2 is 2.03 bits per heavy atom. The van der Waals surface area contributed by atoms with Gasteiger partial charge in [-0.2, -0.15) is 0 Å². The number of nitro benzene ring substituents is 1. The fourth-order valence-corrected chi connectivity index (χ4v) is 4.34. The third-order valence-corrected chi connectivity index (χ3v) is 6.13. The molecule has 2 aromatic heterocycles. The number of nitro groups is 1. The van der Waals surface area contributed by atoms with Gasteiger partial charge in [0.05, 0.1) is 25.2 Å². The van der Waals surface area contributed by atoms with Crippen LogP contribution in [0.25, 0.3) is 11.2 Å². The fraction of sp³-hybridized carbons (Fsp3) is 0.450. The Morgan fingerprint density at radius 3 is 2.71 bits per heavy atom. The van der Waals surface area contributed by atoms with Crippen LogP contribution in [0.4, 0.5) is 11.5 Å². The average molecular weight is 445 g/mol. The second kappa shape index (κ2) is 9.06. The fourth-order valence-electron chi connectivity index (χ4n) is 3.56. The van der Waals surface area contributed by atoms with E-state index in [4.69, 9.17) is 24.4 Å². The molecule has 0 spiro atoms. The zero-order chi connectivity index (χ0) is 22.0. The van der Waals surface area contributed by atoms with Crippen LogP contribution >= 0.6 is 11.8 Å². The third kappa shape index (κ3) is 4.28. The molecule has 11 heteroatoms. The molecule has 4 rings (SSSR count). The number of benzene rings is 1. The molecule has 164 valence electrons. The number of hydrogen-bond donors (Lipinski definition) is 0. The largest absolute Gasteiger partial charge is 0.490 e. The van der Waals surface area contributed by atoms with Crippen molar-refractivity contribution in [1.82, 2.24) is 19.5 Å². The summed E-state index contributed by atoms with van der Waals surface area (Å²) in [6.07, 6.45) is 0.799. The number of ether oxygens (including phenoxy) is 2. The summed E-state index contributed by atoms with van der Waals surface area (Å²) in [5.74, 6) is 2.50. The summed E-state index contributed by atoms with van der Waals surface area (Å²) in [7, 11) is 3.39. The van der Waals surface area contributed by atoms with E-state index >= 15 is 0 Å². The second-order valence-electron chi connectivity index (χ2n) is 7.09. The minimum absolute atomic E-state index is 0.0507. The minimum Gasteiger partial charge on any atom is -0.490 e. The molecule has 1 aliphatic heterocycles. The van der Waals surface area contributed by atoms with Crippen molar-refractivity contribution >= 4 is 34.4 Å². The number of imidazole rings is 1. The summed E-state index contributed by atoms with van der Waals surface area (Å²) < 4.78 is 12.6. The molecule has 0 unspecified atom stereocenters. The molecule has 0 amide bonds. The van der Waals surface area contributed by atoms with Crippen LogP contribution in [-0.2, 0) is 24.0 Å². The van der Waals surface area contributed by atoms with Crippen molar-refractivity contribution in [3.8, 4) is 5.75 Å². The monoisotopic (exact) mass is 444 g/mol. The number of thioether (sulfide) groups is 1. The molecule has 1 aromatic carbocycles. The molecule has 10 nitrogen and oxygen atoms in total. The highest BCUT2D eigenvalue weighted by atomic mass is 32.2. The normalized spacial score (nSPS) is 14.2. The standard InChI is InChI=1S/C20H24N6O4S/c1-4-16-21-17-18(24(16)2)22-20(23-19(17)25-7-9-30-10-8-25)31-12-13-5-6-15(29-3)14(11-13)26(27)28/h5-6,11H,4,7-10,12H2,1-3H3. The first-order valence-electron chi connectivity index (χ1n) is 10.0. The summed E-state index contributed by atoms with van der Waals surface area (Å²) in [6.45, 7) is 4.86. The van der Waals surface area contributed by atoms with E-state index in [-0.39, 0.29) is 11.4 Å². The lowest BCUT2D eigenvalue weighted by Crippen LogP contribution is -2.37. The van der Waals surface area contributed by atoms with Crippen LogP contribution in [0, 0.1) is 10.1 Å². The predicted molar refractivity (Wildman–Crippen MR) is 118 cm³/mol. The second-order valence-corrected chi connectivity index (χ2v) is 8.04. The number of morpholine rings is 1. The van der Waals surface area contributed by atoms with Gasteiger partial charge >= 0.3 is 5.69 Å². The van der Waals surface area contributed by atoms with Crippen molar-refractivity contribution in [2.45, 2.75) is 24.3 Å². The van der Waals surface area contributed by atoms with Gasteiger partial charge < -0.3 is 18.9 Å². The molecule has 3 heterocycles. The number of fused-ring (bicyclic) bond motifs is 1. The number of nitrogens with zero attached hydrogens (tertiary/aromatic N) is 6. The smallest absolute Gasteiger partial charge is 0.311 e. The molecule has 0 bridgehead atoms. The van der Waals surface area contributed by atoms with Crippen LogP contribution in [0.3, 0.4) is 0 Å². The lowest BCUT2D eigenvalue weighted by molar-refractivity contribution is -0.385. The number of aromatic nitrogens is 4. The number of methoxy groups -OCH3 is 1. The van der Waals surface area contributed by atoms with Crippen LogP contribution < -0.4 is 9.64 Å². The summed E-state index contributed by atoms with van der Waals surface area (Å²) in [5.41, 5.74) is 2.33. The Kier molecular flexibility index (Phi) is 6.23. The van der Waals surface area contributed by atoms with Gasteiger partial charge in [0.15, 0.2) is 27.9 Å². The van der Waals surface area contributed by atoms with Crippen molar-refractivity contribution in [1.29, 1.82) is 0 Å². The lowest BCUT2D eigenvalue weighted by Gasteiger charge is -2.28. The molecular formula is C20H24N6O4S. The van der Waals surface area contributed by atoms with E-state index in [2.05, 4.69) is 11.8 Å². The molecule has 0 saturated carbocycles. The van der Waals surface area contributed by atoms with Crippen LogP contribution in [0.15, 0.2) is 23.4 Å². The molecule has 1 fully saturated rings. The summed E-state index contributed by atoms with van der Waals surface area (Å²) in [5, 5.41) is 11.9. The number of rotatable bonds is 7. The van der Waals surface area contributed by atoms with E-state index in [9.17, 15) is 10.1 Å². The Labute approximate surface area is 183 Å². The summed E-state index contributed by atoms with van der Waals surface area (Å²) >= 11 is 1.44. The first kappa shape index (κ1) is 21.3. The summed E-state index contributed by atoms with van der Waals surface area (Å²) in [4.78, 5) is 27.4. The maximum atomic E-state index is 11.3. The molecule has 31 heavy (non-hydrogen) atoms. The van der Waals surface area contributed by atoms with Crippen LogP contribution in [-0.4, -0.2) is 57.9 Å². The number of aryl methyl sites for hydroxylation is 2. The molecular weight excluding hydrogens is 420 g/mol. The number of hydrogen-bond acceptors (Lipinski definition) is 9. The van der Waals surface area contributed by atoms with Crippen molar-refractivity contribution in [3.63, 3.8) is 0 Å². The van der Waals surface area contributed by atoms with Gasteiger partial charge in [-0.05, 0) is 11.6 Å². The molecule has 0 radical (unpaired) electrons. The maximum Gasteiger partial charge on any atom is 0.311 e. The Morgan fingerprint density at radius 1 is 1.26 bits per heavy atom. The van der Waals surface area contributed by atoms with Crippen molar-refractivity contribution in [2.24, 2.45) is 7.05 Å². The van der Waals surface area contributed by atoms with E-state index in [1.54, 1.807) is 6.07 Å². The van der Waals surface area contributed by atoms with Gasteiger partial charge in [-0.15, -0.1) is 0 Å². The van der Waals surface area contributed by atoms with Gasteiger partial charge in [0.25, 0.3) is 0 Å². The van der Waals surface area contributed by atoms with Crippen molar-refractivity contribution < 1.29 is 14.4 Å². The Balaban J connectivity index is 1.67. The predicted octanol–water partition coefficient (Wildman–Crippen LogP) is 2.97. The van der Waals surface area contributed by atoms with E-state index in [0.717, 1.165) is 47.9 Å². The third-order valence-electron chi connectivity index (χ3n) is 5.21. The molecule has 0 atom stereocenters. The molecule has 1 saturated heterocycles. The van der Waals surface area contributed by atoms with Crippen LogP contribution in [0.5, 0.6) is 5.75 Å². The SMILES string of the molecule is CCc1nc2c(N3CCOCC3)nc(SCc3ccc(OC)c([N+](=O)[O-])c3)nc2n1C. The average Bonchev–Trinajstić information content (AvgIpc) is 3.13. The van der Waals surface area contributed by atoms with Gasteiger partial charge in [0.1, 0.15) is 5.82 Å². The van der Waals surface area contributed by atoms with E-state index < -0.39 is 4.92 Å². The molecule has 0 aliphatic carbocycles. The van der Waals surface area contributed by atoms with Crippen molar-refractivity contribution in [2.75, 3.05) is 38.3 Å². The van der Waals surface area contributed by atoms with Crippen molar-refractivity contribution in [3.05, 3.63) is 39.7 Å². The number of anilines is 1. The highest BCUT2D eigenvalue weighted by Crippen LogP contribution is 2.32. The minimum atomic E-state index is -0.437. The highest BCUT2D eigenvalue weighted by molar-refractivity contribution is 7.98. The quantitative estimate of drug-likeness (QED) is 0.235. The molecule has 1 aliphatic rings. The first-order chi connectivity index (χ1) is 15.0. The zero-order valence-electron chi connectivity index (χ0n) is 17.7.